The van der Waals surface area contributed by atoms with Crippen LogP contribution in [0.15, 0.2) is 63.6 Å². The molecule has 1 aromatic rings. The molecule has 2 heterocycles. The number of rotatable bonds is 44. The van der Waals surface area contributed by atoms with Gasteiger partial charge in [0.2, 0.25) is 5.36 Å². The highest BCUT2D eigenvalue weighted by atomic mass is 32.2. The van der Waals surface area contributed by atoms with Gasteiger partial charge in [-0.2, -0.15) is 0 Å². The van der Waals surface area contributed by atoms with Crippen LogP contribution in [0.3, 0.4) is 0 Å². The van der Waals surface area contributed by atoms with E-state index in [4.69, 9.17) is 51.8 Å². The standard InChI is InChI=1S/C56H88N2O19S2/c1-55(2,3)49-43-46(12-10-13-53-56(4,19-11-41-78(61,62)63)50-44-47(79(64,65)66)16-18-51(50)58(53)20-9-7-8-14-54(59)60)77-52-42-45(15-17-48(49)52)57(21-23-69-29-31-73-37-39-75-35-33-71-27-25-67-5)22-24-70-30-32-74-38-40-76-36-34-72-28-26-68-6/h13,15-18,42-44H,7-12,14,19-41H2,1-6H3,(H2-,59,60,61,62,63,64,65,66)/p-1/b53-13+. The minimum atomic E-state index is -4.86. The maximum Gasteiger partial charge on any atom is 0.303 e. The van der Waals surface area contributed by atoms with Gasteiger partial charge in [-0.3, -0.25) is 4.79 Å². The first-order chi connectivity index (χ1) is 37.8. The molecule has 1 unspecified atom stereocenters. The number of methoxy groups -OCH3 is 2. The van der Waals surface area contributed by atoms with E-state index in [1.54, 1.807) is 20.3 Å². The van der Waals surface area contributed by atoms with E-state index in [0.717, 1.165) is 22.2 Å². The van der Waals surface area contributed by atoms with Gasteiger partial charge >= 0.3 is 5.97 Å². The molecular weight excluding hydrogens is 1070 g/mol. The molecule has 0 spiro atoms. The summed E-state index contributed by atoms with van der Waals surface area (Å²) >= 11 is 0. The molecule has 3 aliphatic rings. The summed E-state index contributed by atoms with van der Waals surface area (Å²) in [7, 11) is -6.17. The number of unbranched alkanes of at least 4 members (excludes halogenated alkanes) is 2. The Labute approximate surface area is 468 Å². The van der Waals surface area contributed by atoms with Gasteiger partial charge in [0.1, 0.15) is 34.9 Å². The molecule has 0 saturated carbocycles. The Morgan fingerprint density at radius 3 is 1.68 bits per heavy atom. The maximum absolute atomic E-state index is 12.3. The van der Waals surface area contributed by atoms with Gasteiger partial charge < -0.3 is 70.9 Å². The number of carboxylic acid groups (broad SMARTS) is 1. The molecule has 1 aliphatic carbocycles. The number of allylic oxidation sites excluding steroid dienone is 2. The summed E-state index contributed by atoms with van der Waals surface area (Å²) in [6.07, 6.45) is 4.76. The number of aliphatic carboxylic acids is 1. The first-order valence-electron chi connectivity index (χ1n) is 27.3. The van der Waals surface area contributed by atoms with Gasteiger partial charge in [0.15, 0.2) is 13.1 Å². The number of fused-ring (bicyclic) bond motifs is 2. The molecule has 0 radical (unpaired) electrons. The number of nitrogens with zero attached hydrogens (tertiary/aromatic N) is 2. The Balaban J connectivity index is 1.57. The van der Waals surface area contributed by atoms with Gasteiger partial charge in [-0.1, -0.05) is 33.3 Å². The fourth-order valence-corrected chi connectivity index (χ4v) is 10.1. The van der Waals surface area contributed by atoms with Crippen molar-refractivity contribution in [2.45, 2.75) is 94.8 Å². The van der Waals surface area contributed by atoms with Crippen molar-refractivity contribution >= 4 is 31.9 Å². The second-order valence-electron chi connectivity index (χ2n) is 20.2. The van der Waals surface area contributed by atoms with Crippen LogP contribution in [-0.4, -0.2) is 196 Å². The Morgan fingerprint density at radius 1 is 0.684 bits per heavy atom. The molecule has 0 aromatic heterocycles. The van der Waals surface area contributed by atoms with Crippen molar-refractivity contribution in [3.63, 3.8) is 0 Å². The minimum absolute atomic E-state index is 0.0117. The first kappa shape index (κ1) is 67.6. The number of carboxylic acids is 1. The number of benzene rings is 2. The van der Waals surface area contributed by atoms with E-state index in [1.165, 1.54) is 12.1 Å². The number of anilines is 1. The summed E-state index contributed by atoms with van der Waals surface area (Å²) in [6.45, 7) is 18.1. The van der Waals surface area contributed by atoms with Gasteiger partial charge in [0.25, 0.3) is 0 Å². The maximum atomic E-state index is 12.3. The molecular formula is C56H87N2O19S2-. The SMILES string of the molecule is COCCOCCOCCOCCOCC[N+](CCOCCOCCOCCOCCOC)=c1ccc2c(C(C)(C)C)cc(CC/C=C3/N(CCCCCC(=O)O)c4ccc(S(=O)(=O)[O-])cc4C3(C)CCCS(=O)(=O)[O-])oc-2c1. The predicted molar refractivity (Wildman–Crippen MR) is 295 cm³/mol. The van der Waals surface area contributed by atoms with E-state index in [0.29, 0.717) is 193 Å². The van der Waals surface area contributed by atoms with Gasteiger partial charge in [-0.25, -0.2) is 21.4 Å². The molecule has 21 nitrogen and oxygen atoms in total. The number of hydrogen-bond acceptors (Lipinski definition) is 19. The van der Waals surface area contributed by atoms with Crippen molar-refractivity contribution in [1.29, 1.82) is 0 Å². The summed E-state index contributed by atoms with van der Waals surface area (Å²) < 4.78 is 137. The lowest BCUT2D eigenvalue weighted by atomic mass is 9.77. The van der Waals surface area contributed by atoms with Crippen LogP contribution in [0.5, 0.6) is 0 Å². The third kappa shape index (κ3) is 25.0. The molecule has 23 heteroatoms. The van der Waals surface area contributed by atoms with Gasteiger partial charge in [0.05, 0.1) is 127 Å². The minimum Gasteiger partial charge on any atom is -0.748 e. The third-order valence-corrected chi connectivity index (χ3v) is 14.8. The van der Waals surface area contributed by atoms with Gasteiger partial charge in [-0.05, 0) is 85.9 Å². The zero-order valence-electron chi connectivity index (χ0n) is 47.3. The van der Waals surface area contributed by atoms with Crippen LogP contribution in [0.25, 0.3) is 11.3 Å². The predicted octanol–water partition coefficient (Wildman–Crippen LogP) is 5.35. The fraction of sp³-hybridized carbons (Fsp3) is 0.679. The molecule has 79 heavy (non-hydrogen) atoms. The largest absolute Gasteiger partial charge is 0.748 e. The van der Waals surface area contributed by atoms with Crippen LogP contribution in [0, 0.1) is 0 Å². The zero-order chi connectivity index (χ0) is 57.6. The third-order valence-electron chi connectivity index (χ3n) is 13.2. The molecule has 1 aromatic carbocycles. The van der Waals surface area contributed by atoms with Crippen LogP contribution in [0.1, 0.15) is 89.5 Å². The van der Waals surface area contributed by atoms with E-state index in [2.05, 4.69) is 43.5 Å². The second-order valence-corrected chi connectivity index (χ2v) is 23.1. The quantitative estimate of drug-likeness (QED) is 0.0425. The fourth-order valence-electron chi connectivity index (χ4n) is 9.12. The summed E-state index contributed by atoms with van der Waals surface area (Å²) in [5.41, 5.74) is 2.70. The number of carbonyl (C=O) groups is 1. The summed E-state index contributed by atoms with van der Waals surface area (Å²) in [5.74, 6) is -0.123. The van der Waals surface area contributed by atoms with Crippen molar-refractivity contribution in [1.82, 2.24) is 4.58 Å². The molecule has 4 rings (SSSR count). The highest BCUT2D eigenvalue weighted by Crippen LogP contribution is 2.51. The molecule has 1 atom stereocenters. The van der Waals surface area contributed by atoms with E-state index in [-0.39, 0.29) is 24.7 Å². The zero-order valence-corrected chi connectivity index (χ0v) is 49.0. The molecule has 0 bridgehead atoms. The average Bonchev–Trinajstić information content (AvgIpc) is 3.91. The van der Waals surface area contributed by atoms with E-state index < -0.39 is 42.3 Å². The van der Waals surface area contributed by atoms with Crippen LogP contribution in [0.2, 0.25) is 0 Å². The highest BCUT2D eigenvalue weighted by Gasteiger charge is 2.43. The summed E-state index contributed by atoms with van der Waals surface area (Å²) in [6, 6.07) is 12.5. The average molecular weight is 1160 g/mol. The highest BCUT2D eigenvalue weighted by molar-refractivity contribution is 7.86. The Hall–Kier alpha value is -3.92. The second kappa shape index (κ2) is 35.8. The van der Waals surface area contributed by atoms with Crippen LogP contribution >= 0.6 is 0 Å². The monoisotopic (exact) mass is 1160 g/mol. The Kier molecular flexibility index (Phi) is 30.7. The molecule has 0 fully saturated rings. The smallest absolute Gasteiger partial charge is 0.303 e. The van der Waals surface area contributed by atoms with Crippen molar-refractivity contribution < 1.29 is 87.6 Å². The van der Waals surface area contributed by atoms with Crippen LogP contribution in [-0.2, 0) is 89.7 Å². The van der Waals surface area contributed by atoms with Crippen LogP contribution < -0.4 is 14.8 Å². The van der Waals surface area contributed by atoms with Crippen LogP contribution in [0.4, 0.5) is 5.69 Å². The van der Waals surface area contributed by atoms with E-state index in [9.17, 15) is 35.8 Å². The first-order valence-corrected chi connectivity index (χ1v) is 30.3. The van der Waals surface area contributed by atoms with E-state index in [1.807, 2.05) is 24.0 Å². The lowest BCUT2D eigenvalue weighted by Crippen LogP contribution is -2.36. The lowest BCUT2D eigenvalue weighted by Gasteiger charge is -2.31. The number of ether oxygens (including phenoxy) is 10. The number of aryl methyl sites for hydroxylation is 1. The van der Waals surface area contributed by atoms with E-state index >= 15 is 0 Å². The van der Waals surface area contributed by atoms with Crippen molar-refractivity contribution in [3.8, 4) is 11.3 Å². The lowest BCUT2D eigenvalue weighted by molar-refractivity contribution is -0.137. The Morgan fingerprint density at radius 2 is 1.20 bits per heavy atom. The molecule has 0 saturated heterocycles. The van der Waals surface area contributed by atoms with Crippen molar-refractivity contribution in [2.24, 2.45) is 0 Å². The summed E-state index contributed by atoms with van der Waals surface area (Å²) in [5, 5.41) is 10.2. The van der Waals surface area contributed by atoms with Crippen molar-refractivity contribution in [3.05, 3.63) is 76.5 Å². The molecule has 2 aliphatic heterocycles. The Bertz CT molecular complexity index is 2510. The molecule has 448 valence electrons. The van der Waals surface area contributed by atoms with Crippen molar-refractivity contribution in [2.75, 3.05) is 163 Å². The van der Waals surface area contributed by atoms with Gasteiger partial charge in [-0.15, -0.1) is 0 Å². The topological polar surface area (TPSA) is 263 Å². The number of hydrogen-bond donors (Lipinski definition) is 1. The normalized spacial score (nSPS) is 15.4. The van der Waals surface area contributed by atoms with Gasteiger partial charge in [0, 0.05) is 67.8 Å². The molecule has 0 amide bonds. The summed E-state index contributed by atoms with van der Waals surface area (Å²) in [4.78, 5) is 12.9. The molecule has 1 N–H and O–H groups in total.